The quantitative estimate of drug-likeness (QED) is 0.848. The molecule has 1 aliphatic carbocycles. The molecule has 1 nitrogen and oxygen atoms in total. The molecule has 2 atom stereocenters. The third-order valence-corrected chi connectivity index (χ3v) is 4.33. The monoisotopic (exact) mass is 315 g/mol. The van der Waals surface area contributed by atoms with Crippen LogP contribution in [0, 0.1) is 5.92 Å². The maximum absolute atomic E-state index is 6.25. The van der Waals surface area contributed by atoms with Gasteiger partial charge in [0, 0.05) is 21.6 Å². The molecule has 0 aliphatic heterocycles. The van der Waals surface area contributed by atoms with Crippen molar-refractivity contribution in [3.05, 3.63) is 33.3 Å². The summed E-state index contributed by atoms with van der Waals surface area (Å²) in [5.74, 6) is 0.606. The Kier molecular flexibility index (Phi) is 4.51. The van der Waals surface area contributed by atoms with Crippen LogP contribution in [0.2, 0.25) is 5.02 Å². The van der Waals surface area contributed by atoms with Crippen LogP contribution in [0.15, 0.2) is 22.7 Å². The molecule has 0 spiro atoms. The predicted octanol–water partition coefficient (Wildman–Crippen LogP) is 4.42. The van der Waals surface area contributed by atoms with Crippen LogP contribution in [-0.4, -0.2) is 12.1 Å². The molecule has 1 N–H and O–H groups in total. The van der Waals surface area contributed by atoms with E-state index in [-0.39, 0.29) is 0 Å². The minimum Gasteiger partial charge on any atom is -0.311 e. The Morgan fingerprint density at radius 3 is 2.71 bits per heavy atom. The highest BCUT2D eigenvalue weighted by Crippen LogP contribution is 2.26. The van der Waals surface area contributed by atoms with E-state index in [1.165, 1.54) is 18.4 Å². The summed E-state index contributed by atoms with van der Waals surface area (Å²) in [5, 5.41) is 4.52. The van der Waals surface area contributed by atoms with E-state index in [1.807, 2.05) is 6.07 Å². The Hall–Kier alpha value is -0.0500. The van der Waals surface area contributed by atoms with E-state index < -0.39 is 0 Å². The second kappa shape index (κ2) is 5.73. The van der Waals surface area contributed by atoms with Crippen molar-refractivity contribution in [2.75, 3.05) is 0 Å². The zero-order valence-electron chi connectivity index (χ0n) is 10.3. The summed E-state index contributed by atoms with van der Waals surface area (Å²) in [6.07, 6.45) is 3.72. The first-order valence-corrected chi connectivity index (χ1v) is 7.43. The molecule has 94 valence electrons. The molecule has 0 aromatic heterocycles. The van der Waals surface area contributed by atoms with Crippen molar-refractivity contribution in [2.24, 2.45) is 5.92 Å². The first-order chi connectivity index (χ1) is 8.06. The molecule has 17 heavy (non-hydrogen) atoms. The largest absolute Gasteiger partial charge is 0.311 e. The second-order valence-electron chi connectivity index (χ2n) is 5.15. The third-order valence-electron chi connectivity index (χ3n) is 3.49. The average molecular weight is 317 g/mol. The summed E-state index contributed by atoms with van der Waals surface area (Å²) < 4.78 is 1.04. The summed E-state index contributed by atoms with van der Waals surface area (Å²) >= 11 is 9.68. The van der Waals surface area contributed by atoms with Gasteiger partial charge in [-0.15, -0.1) is 0 Å². The molecule has 2 rings (SSSR count). The first kappa shape index (κ1) is 13.4. The molecule has 0 radical (unpaired) electrons. The maximum atomic E-state index is 6.25. The van der Waals surface area contributed by atoms with Gasteiger partial charge < -0.3 is 5.32 Å². The molecule has 2 unspecified atom stereocenters. The molecular formula is C14H19BrClN. The topological polar surface area (TPSA) is 12.0 Å². The van der Waals surface area contributed by atoms with Gasteiger partial charge in [0.1, 0.15) is 0 Å². The average Bonchev–Trinajstić information content (AvgIpc) is 3.06. The summed E-state index contributed by atoms with van der Waals surface area (Å²) in [6.45, 7) is 4.56. The highest BCUT2D eigenvalue weighted by Gasteiger charge is 2.25. The van der Waals surface area contributed by atoms with Gasteiger partial charge in [-0.05, 0) is 49.8 Å². The Labute approximate surface area is 117 Å². The van der Waals surface area contributed by atoms with Crippen molar-refractivity contribution >= 4 is 27.5 Å². The second-order valence-corrected chi connectivity index (χ2v) is 6.47. The summed E-state index contributed by atoms with van der Waals surface area (Å²) in [7, 11) is 0. The first-order valence-electron chi connectivity index (χ1n) is 6.26. The highest BCUT2D eigenvalue weighted by atomic mass is 79.9. The molecule has 1 aliphatic rings. The fourth-order valence-electron chi connectivity index (χ4n) is 2.00. The standard InChI is InChI=1S/C14H19BrClN/c1-9(10(2)17-13-5-6-13)7-11-3-4-12(15)8-14(11)16/h3-4,8-10,13,17H,5-7H2,1-2H3. The third kappa shape index (κ3) is 3.97. The molecular weight excluding hydrogens is 298 g/mol. The van der Waals surface area contributed by atoms with Gasteiger partial charge in [-0.25, -0.2) is 0 Å². The number of nitrogens with one attached hydrogen (secondary N) is 1. The van der Waals surface area contributed by atoms with Gasteiger partial charge in [-0.3, -0.25) is 0 Å². The van der Waals surface area contributed by atoms with E-state index in [1.54, 1.807) is 0 Å². The van der Waals surface area contributed by atoms with Gasteiger partial charge in [0.25, 0.3) is 0 Å². The smallest absolute Gasteiger partial charge is 0.0449 e. The van der Waals surface area contributed by atoms with E-state index in [0.29, 0.717) is 12.0 Å². The van der Waals surface area contributed by atoms with E-state index in [0.717, 1.165) is 22.0 Å². The molecule has 0 amide bonds. The van der Waals surface area contributed by atoms with Crippen LogP contribution < -0.4 is 5.32 Å². The van der Waals surface area contributed by atoms with Crippen molar-refractivity contribution in [1.29, 1.82) is 0 Å². The lowest BCUT2D eigenvalue weighted by molar-refractivity contribution is 0.396. The summed E-state index contributed by atoms with van der Waals surface area (Å²) in [6, 6.07) is 7.48. The number of hydrogen-bond acceptors (Lipinski definition) is 1. The van der Waals surface area contributed by atoms with Crippen LogP contribution in [0.4, 0.5) is 0 Å². The van der Waals surface area contributed by atoms with Crippen LogP contribution in [0.3, 0.4) is 0 Å². The van der Waals surface area contributed by atoms with E-state index in [2.05, 4.69) is 47.2 Å². The molecule has 1 fully saturated rings. The normalized spacial score (nSPS) is 19.1. The molecule has 3 heteroatoms. The molecule has 1 aromatic rings. The minimum absolute atomic E-state index is 0.558. The minimum atomic E-state index is 0.558. The van der Waals surface area contributed by atoms with E-state index in [4.69, 9.17) is 11.6 Å². The number of halogens is 2. The highest BCUT2D eigenvalue weighted by molar-refractivity contribution is 9.10. The van der Waals surface area contributed by atoms with Crippen molar-refractivity contribution in [3.8, 4) is 0 Å². The number of rotatable bonds is 5. The zero-order chi connectivity index (χ0) is 12.4. The number of hydrogen-bond donors (Lipinski definition) is 1. The molecule has 1 saturated carbocycles. The van der Waals surface area contributed by atoms with Crippen molar-refractivity contribution in [3.63, 3.8) is 0 Å². The van der Waals surface area contributed by atoms with Crippen LogP contribution in [-0.2, 0) is 6.42 Å². The van der Waals surface area contributed by atoms with Crippen LogP contribution in [0.25, 0.3) is 0 Å². The van der Waals surface area contributed by atoms with E-state index in [9.17, 15) is 0 Å². The Morgan fingerprint density at radius 1 is 1.41 bits per heavy atom. The van der Waals surface area contributed by atoms with Gasteiger partial charge in [0.15, 0.2) is 0 Å². The fraction of sp³-hybridized carbons (Fsp3) is 0.571. The fourth-order valence-corrected chi connectivity index (χ4v) is 2.75. The van der Waals surface area contributed by atoms with Gasteiger partial charge in [0.05, 0.1) is 0 Å². The maximum Gasteiger partial charge on any atom is 0.0449 e. The molecule has 0 heterocycles. The molecule has 1 aromatic carbocycles. The summed E-state index contributed by atoms with van der Waals surface area (Å²) in [4.78, 5) is 0. The lowest BCUT2D eigenvalue weighted by Crippen LogP contribution is -2.34. The van der Waals surface area contributed by atoms with Crippen LogP contribution in [0.1, 0.15) is 32.3 Å². The van der Waals surface area contributed by atoms with Crippen molar-refractivity contribution in [1.82, 2.24) is 5.32 Å². The van der Waals surface area contributed by atoms with Gasteiger partial charge in [-0.2, -0.15) is 0 Å². The van der Waals surface area contributed by atoms with Crippen molar-refractivity contribution < 1.29 is 0 Å². The lowest BCUT2D eigenvalue weighted by atomic mass is 9.95. The Balaban J connectivity index is 1.93. The van der Waals surface area contributed by atoms with Gasteiger partial charge >= 0.3 is 0 Å². The van der Waals surface area contributed by atoms with Gasteiger partial charge in [0.2, 0.25) is 0 Å². The SMILES string of the molecule is CC(Cc1ccc(Br)cc1Cl)C(C)NC1CC1. The predicted molar refractivity (Wildman–Crippen MR) is 77.6 cm³/mol. The lowest BCUT2D eigenvalue weighted by Gasteiger charge is -2.21. The number of benzene rings is 1. The summed E-state index contributed by atoms with van der Waals surface area (Å²) in [5.41, 5.74) is 1.24. The Bertz CT molecular complexity index is 390. The Morgan fingerprint density at radius 2 is 2.12 bits per heavy atom. The van der Waals surface area contributed by atoms with Gasteiger partial charge in [-0.1, -0.05) is 40.5 Å². The van der Waals surface area contributed by atoms with Crippen LogP contribution in [0.5, 0.6) is 0 Å². The zero-order valence-corrected chi connectivity index (χ0v) is 12.7. The van der Waals surface area contributed by atoms with E-state index >= 15 is 0 Å². The van der Waals surface area contributed by atoms with Crippen molar-refractivity contribution in [2.45, 2.75) is 45.2 Å². The van der Waals surface area contributed by atoms with Crippen LogP contribution >= 0.6 is 27.5 Å². The molecule has 0 bridgehead atoms. The molecule has 0 saturated heterocycles.